The Morgan fingerprint density at radius 2 is 1.81 bits per heavy atom. The molecule has 2 aromatic carbocycles. The lowest BCUT2D eigenvalue weighted by atomic mass is 9.97. The normalized spacial score (nSPS) is 14.7. The maximum atomic E-state index is 13.7. The van der Waals surface area contributed by atoms with Crippen molar-refractivity contribution in [3.8, 4) is 22.6 Å². The average molecular weight is 507 g/mol. The molecular weight excluding hydrogens is 478 g/mol. The van der Waals surface area contributed by atoms with Gasteiger partial charge in [0.05, 0.1) is 12.2 Å². The first-order chi connectivity index (χ1) is 18.0. The van der Waals surface area contributed by atoms with E-state index in [-0.39, 0.29) is 17.7 Å². The summed E-state index contributed by atoms with van der Waals surface area (Å²) in [4.78, 5) is 19.4. The van der Waals surface area contributed by atoms with E-state index in [1.165, 1.54) is 28.9 Å². The molecule has 0 radical (unpaired) electrons. The smallest absolute Gasteiger partial charge is 0.321 e. The second-order valence-electron chi connectivity index (χ2n) is 9.25. The van der Waals surface area contributed by atoms with Gasteiger partial charge in [-0.2, -0.15) is 10.1 Å². The fourth-order valence-corrected chi connectivity index (χ4v) is 4.55. The highest BCUT2D eigenvalue weighted by atomic mass is 19.1. The number of likely N-dealkylation sites (tertiary alicyclic amines) is 1. The zero-order chi connectivity index (χ0) is 25.8. The molecule has 3 heterocycles. The largest absolute Gasteiger partial charge is 0.337 e. The molecule has 1 fully saturated rings. The number of aromatic nitrogens is 4. The summed E-state index contributed by atoms with van der Waals surface area (Å²) in [5.74, 6) is -0.405. The van der Waals surface area contributed by atoms with Crippen LogP contribution < -0.4 is 10.9 Å². The van der Waals surface area contributed by atoms with Gasteiger partial charge < -0.3 is 14.7 Å². The average Bonchev–Trinajstić information content (AvgIpc) is 3.38. The first-order valence-electron chi connectivity index (χ1n) is 12.4. The Hall–Kier alpha value is -3.92. The number of nitrogens with one attached hydrogen (secondary N) is 1. The standard InChI is InChI=1S/C27H28F2N6O2/c1-2-34-10-8-18(9-11-34)16-30-27-31-26(33-37-27)20-5-3-4-19(12-20)17-35-25(36)7-6-24(32-35)21-13-22(28)15-23(29)14-21/h3-7,12-15,18H,2,8-11,16-17H2,1H3,(H,30,31,33). The van der Waals surface area contributed by atoms with Gasteiger partial charge in [-0.25, -0.2) is 13.5 Å². The van der Waals surface area contributed by atoms with Gasteiger partial charge in [-0.15, -0.1) is 0 Å². The van der Waals surface area contributed by atoms with Gasteiger partial charge in [-0.1, -0.05) is 30.3 Å². The molecule has 0 spiro atoms. The molecule has 1 aliphatic rings. The molecule has 37 heavy (non-hydrogen) atoms. The molecule has 0 aliphatic carbocycles. The summed E-state index contributed by atoms with van der Waals surface area (Å²) in [6.07, 6.45) is 2.29. The Kier molecular flexibility index (Phi) is 7.36. The van der Waals surface area contributed by atoms with E-state index in [1.54, 1.807) is 0 Å². The monoisotopic (exact) mass is 506 g/mol. The maximum Gasteiger partial charge on any atom is 0.321 e. The number of halogens is 2. The van der Waals surface area contributed by atoms with Crippen molar-refractivity contribution in [1.82, 2.24) is 24.8 Å². The van der Waals surface area contributed by atoms with E-state index in [4.69, 9.17) is 4.52 Å². The molecule has 0 amide bonds. The van der Waals surface area contributed by atoms with Crippen molar-refractivity contribution in [2.45, 2.75) is 26.3 Å². The minimum atomic E-state index is -0.710. The van der Waals surface area contributed by atoms with E-state index in [0.29, 0.717) is 23.5 Å². The van der Waals surface area contributed by atoms with Crippen molar-refractivity contribution in [1.29, 1.82) is 0 Å². The van der Waals surface area contributed by atoms with Crippen LogP contribution in [0, 0.1) is 17.6 Å². The maximum absolute atomic E-state index is 13.7. The summed E-state index contributed by atoms with van der Waals surface area (Å²) < 4.78 is 34.0. The van der Waals surface area contributed by atoms with E-state index >= 15 is 0 Å². The highest BCUT2D eigenvalue weighted by Crippen LogP contribution is 2.22. The van der Waals surface area contributed by atoms with E-state index < -0.39 is 11.6 Å². The number of hydrogen-bond donors (Lipinski definition) is 1. The van der Waals surface area contributed by atoms with E-state index in [2.05, 4.69) is 32.4 Å². The van der Waals surface area contributed by atoms with Gasteiger partial charge in [0, 0.05) is 29.8 Å². The van der Waals surface area contributed by atoms with Crippen LogP contribution in [0.1, 0.15) is 25.3 Å². The minimum Gasteiger partial charge on any atom is -0.337 e. The number of anilines is 1. The summed E-state index contributed by atoms with van der Waals surface area (Å²) in [6.45, 7) is 6.47. The summed E-state index contributed by atoms with van der Waals surface area (Å²) >= 11 is 0. The van der Waals surface area contributed by atoms with Crippen LogP contribution in [0.25, 0.3) is 22.6 Å². The van der Waals surface area contributed by atoms with Crippen LogP contribution in [0.4, 0.5) is 14.8 Å². The van der Waals surface area contributed by atoms with Crippen molar-refractivity contribution in [2.24, 2.45) is 5.92 Å². The molecule has 1 saturated heterocycles. The lowest BCUT2D eigenvalue weighted by Gasteiger charge is -2.30. The van der Waals surface area contributed by atoms with E-state index in [1.807, 2.05) is 24.3 Å². The van der Waals surface area contributed by atoms with Gasteiger partial charge >= 0.3 is 6.01 Å². The fraction of sp³-hybridized carbons (Fsp3) is 0.333. The predicted octanol–water partition coefficient (Wildman–Crippen LogP) is 4.43. The summed E-state index contributed by atoms with van der Waals surface area (Å²) in [5.41, 5.74) is 1.74. The number of rotatable bonds is 8. The van der Waals surface area contributed by atoms with E-state index in [0.717, 1.165) is 56.2 Å². The van der Waals surface area contributed by atoms with Gasteiger partial charge in [-0.05, 0) is 68.2 Å². The first-order valence-corrected chi connectivity index (χ1v) is 12.4. The lowest BCUT2D eigenvalue weighted by Crippen LogP contribution is -2.35. The van der Waals surface area contributed by atoms with Crippen LogP contribution in [-0.2, 0) is 6.54 Å². The SMILES string of the molecule is CCN1CCC(CNc2nc(-c3cccc(Cn4nc(-c5cc(F)cc(F)c5)ccc4=O)c3)no2)CC1. The molecule has 1 aliphatic heterocycles. The van der Waals surface area contributed by atoms with Crippen LogP contribution in [0.15, 0.2) is 63.9 Å². The molecule has 5 rings (SSSR count). The highest BCUT2D eigenvalue weighted by Gasteiger charge is 2.19. The zero-order valence-electron chi connectivity index (χ0n) is 20.5. The highest BCUT2D eigenvalue weighted by molar-refractivity contribution is 5.59. The second-order valence-corrected chi connectivity index (χ2v) is 9.25. The Morgan fingerprint density at radius 3 is 2.57 bits per heavy atom. The van der Waals surface area contributed by atoms with Crippen molar-refractivity contribution >= 4 is 6.01 Å². The Bertz CT molecular complexity index is 1410. The van der Waals surface area contributed by atoms with Gasteiger partial charge in [0.2, 0.25) is 5.82 Å². The molecule has 1 N–H and O–H groups in total. The molecule has 0 unspecified atom stereocenters. The molecule has 0 bridgehead atoms. The third kappa shape index (κ3) is 6.08. The Balaban J connectivity index is 1.27. The molecule has 10 heteroatoms. The molecule has 0 saturated carbocycles. The Labute approximate surface area is 212 Å². The molecular formula is C27H28F2N6O2. The second kappa shape index (κ2) is 11.0. The summed E-state index contributed by atoms with van der Waals surface area (Å²) in [5, 5.41) is 11.7. The van der Waals surface area contributed by atoms with Gasteiger partial charge in [0.15, 0.2) is 0 Å². The molecule has 4 aromatic rings. The lowest BCUT2D eigenvalue weighted by molar-refractivity contribution is 0.197. The van der Waals surface area contributed by atoms with Gasteiger partial charge in [0.1, 0.15) is 11.6 Å². The molecule has 8 nitrogen and oxygen atoms in total. The van der Waals surface area contributed by atoms with Gasteiger partial charge in [-0.3, -0.25) is 4.79 Å². The summed E-state index contributed by atoms with van der Waals surface area (Å²) in [7, 11) is 0. The minimum absolute atomic E-state index is 0.164. The molecule has 0 atom stereocenters. The van der Waals surface area contributed by atoms with Crippen molar-refractivity contribution in [3.05, 3.63) is 82.1 Å². The molecule has 192 valence electrons. The first kappa shape index (κ1) is 24.8. The van der Waals surface area contributed by atoms with Crippen LogP contribution >= 0.6 is 0 Å². The predicted molar refractivity (Wildman–Crippen MR) is 136 cm³/mol. The number of nitrogens with zero attached hydrogens (tertiary/aromatic N) is 5. The topological polar surface area (TPSA) is 89.1 Å². The number of piperidine rings is 1. The zero-order valence-corrected chi connectivity index (χ0v) is 20.5. The van der Waals surface area contributed by atoms with Crippen LogP contribution in [-0.4, -0.2) is 51.0 Å². The van der Waals surface area contributed by atoms with Crippen LogP contribution in [0.2, 0.25) is 0 Å². The molecule has 2 aromatic heterocycles. The Morgan fingerprint density at radius 1 is 1.03 bits per heavy atom. The van der Waals surface area contributed by atoms with Crippen molar-refractivity contribution in [3.63, 3.8) is 0 Å². The van der Waals surface area contributed by atoms with Crippen LogP contribution in [0.3, 0.4) is 0 Å². The van der Waals surface area contributed by atoms with E-state index in [9.17, 15) is 13.6 Å². The number of hydrogen-bond acceptors (Lipinski definition) is 7. The van der Waals surface area contributed by atoms with Crippen molar-refractivity contribution < 1.29 is 13.3 Å². The fourth-order valence-electron chi connectivity index (χ4n) is 4.55. The van der Waals surface area contributed by atoms with Gasteiger partial charge in [0.25, 0.3) is 5.56 Å². The quantitative estimate of drug-likeness (QED) is 0.378. The summed E-state index contributed by atoms with van der Waals surface area (Å²) in [6, 6.07) is 13.7. The number of benzene rings is 2. The third-order valence-electron chi connectivity index (χ3n) is 6.66. The van der Waals surface area contributed by atoms with Crippen molar-refractivity contribution in [2.75, 3.05) is 31.5 Å². The van der Waals surface area contributed by atoms with Crippen LogP contribution in [0.5, 0.6) is 0 Å². The third-order valence-corrected chi connectivity index (χ3v) is 6.66.